The Kier molecular flexibility index (Phi) is 8.26. The van der Waals surface area contributed by atoms with E-state index >= 15 is 0 Å². The average molecular weight is 513 g/mol. The lowest BCUT2D eigenvalue weighted by Gasteiger charge is -2.18. The first-order valence-electron chi connectivity index (χ1n) is 10.6. The highest BCUT2D eigenvalue weighted by atomic mass is 32.2. The van der Waals surface area contributed by atoms with Crippen molar-refractivity contribution in [2.75, 3.05) is 25.5 Å². The molecule has 0 spiro atoms. The third-order valence-electron chi connectivity index (χ3n) is 5.39. The third-order valence-corrected chi connectivity index (χ3v) is 6.52. The summed E-state index contributed by atoms with van der Waals surface area (Å²) in [4.78, 5) is 5.71. The average Bonchev–Trinajstić information content (AvgIpc) is 3.07. The molecule has 0 aliphatic rings. The number of aromatic nitrogens is 1. The number of benzene rings is 2. The molecule has 190 valence electrons. The molecule has 35 heavy (non-hydrogen) atoms. The van der Waals surface area contributed by atoms with Gasteiger partial charge in [0.05, 0.1) is 41.1 Å². The maximum Gasteiger partial charge on any atom is 0.417 e. The zero-order valence-electron chi connectivity index (χ0n) is 19.5. The van der Waals surface area contributed by atoms with E-state index in [9.17, 15) is 26.7 Å². The summed E-state index contributed by atoms with van der Waals surface area (Å²) in [5.74, 6) is 0. The zero-order chi connectivity index (χ0) is 25.8. The highest BCUT2D eigenvalue weighted by Crippen LogP contribution is 2.39. The van der Waals surface area contributed by atoms with Crippen molar-refractivity contribution in [2.45, 2.75) is 37.3 Å². The van der Waals surface area contributed by atoms with Gasteiger partial charge in [0.2, 0.25) is 0 Å². The van der Waals surface area contributed by atoms with E-state index in [0.717, 1.165) is 12.3 Å². The van der Waals surface area contributed by atoms with E-state index < -0.39 is 27.7 Å². The van der Waals surface area contributed by atoms with Crippen molar-refractivity contribution in [3.8, 4) is 11.3 Å². The number of aliphatic hydroxyl groups excluding tert-OH is 1. The number of hydrogen-bond acceptors (Lipinski definition) is 6. The molecule has 2 aromatic carbocycles. The van der Waals surface area contributed by atoms with Gasteiger partial charge in [0, 0.05) is 30.7 Å². The van der Waals surface area contributed by atoms with Crippen molar-refractivity contribution in [2.24, 2.45) is 0 Å². The Morgan fingerprint density at radius 2 is 1.77 bits per heavy atom. The molecule has 0 amide bonds. The number of halogens is 3. The molecule has 1 heterocycles. The lowest BCUT2D eigenvalue weighted by molar-refractivity contribution is -0.137. The van der Waals surface area contributed by atoms with E-state index in [1.165, 1.54) is 37.4 Å². The monoisotopic (exact) mass is 512 g/mol. The molecule has 1 atom stereocenters. The van der Waals surface area contributed by atoms with Gasteiger partial charge >= 0.3 is 6.18 Å². The Morgan fingerprint density at radius 1 is 1.11 bits per heavy atom. The van der Waals surface area contributed by atoms with Crippen molar-refractivity contribution < 1.29 is 36.3 Å². The number of methoxy groups -OCH3 is 1. The molecule has 0 aliphatic carbocycles. The van der Waals surface area contributed by atoms with Crippen LogP contribution in [0, 0.1) is 6.92 Å². The summed E-state index contributed by atoms with van der Waals surface area (Å²) < 4.78 is 70.9. The number of sulfone groups is 1. The van der Waals surface area contributed by atoms with Gasteiger partial charge in [-0.05, 0) is 42.8 Å². The molecule has 3 rings (SSSR count). The quantitative estimate of drug-likeness (QED) is 0.391. The molecule has 7 nitrogen and oxygen atoms in total. The lowest BCUT2D eigenvalue weighted by atomic mass is 10.00. The summed E-state index contributed by atoms with van der Waals surface area (Å²) in [7, 11) is -1.90. The molecule has 3 aromatic rings. The van der Waals surface area contributed by atoms with Gasteiger partial charge in [-0.1, -0.05) is 18.2 Å². The van der Waals surface area contributed by atoms with Crippen LogP contribution in [0.25, 0.3) is 11.3 Å². The maximum atomic E-state index is 13.7. The second-order valence-electron chi connectivity index (χ2n) is 8.12. The van der Waals surface area contributed by atoms with Gasteiger partial charge in [-0.15, -0.1) is 0 Å². The standard InChI is InChI=1S/C24H27F3N2O5S/c1-16-17(14-34-28-18-8-10-20(11-9-18)35(3,31)32)12-29(13-19(30)15-33-2)23(16)21-6-4-5-7-22(21)24(25,26)27/h4-12,19,28,30H,13-15H2,1-3H3. The molecule has 0 saturated heterocycles. The fourth-order valence-electron chi connectivity index (χ4n) is 3.74. The fourth-order valence-corrected chi connectivity index (χ4v) is 4.37. The van der Waals surface area contributed by atoms with E-state index in [2.05, 4.69) is 5.48 Å². The smallest absolute Gasteiger partial charge is 0.389 e. The summed E-state index contributed by atoms with van der Waals surface area (Å²) in [6, 6.07) is 11.2. The van der Waals surface area contributed by atoms with E-state index in [0.29, 0.717) is 22.5 Å². The van der Waals surface area contributed by atoms with Crippen LogP contribution in [0.15, 0.2) is 59.6 Å². The van der Waals surface area contributed by atoms with Crippen LogP contribution < -0.4 is 5.48 Å². The number of hydrogen-bond donors (Lipinski definition) is 2. The van der Waals surface area contributed by atoms with E-state index in [-0.39, 0.29) is 30.2 Å². The Morgan fingerprint density at radius 3 is 2.37 bits per heavy atom. The number of ether oxygens (including phenoxy) is 1. The van der Waals surface area contributed by atoms with Crippen LogP contribution in [0.4, 0.5) is 18.9 Å². The molecule has 0 saturated carbocycles. The number of nitrogens with one attached hydrogen (secondary N) is 1. The molecule has 2 N–H and O–H groups in total. The summed E-state index contributed by atoms with van der Waals surface area (Å²) in [5, 5.41) is 10.3. The first-order valence-corrected chi connectivity index (χ1v) is 12.5. The van der Waals surface area contributed by atoms with E-state index in [4.69, 9.17) is 9.57 Å². The van der Waals surface area contributed by atoms with Crippen LogP contribution in [0.1, 0.15) is 16.7 Å². The first kappa shape index (κ1) is 26.7. The molecular weight excluding hydrogens is 485 g/mol. The fraction of sp³-hybridized carbons (Fsp3) is 0.333. The number of alkyl halides is 3. The van der Waals surface area contributed by atoms with Crippen molar-refractivity contribution >= 4 is 15.5 Å². The van der Waals surface area contributed by atoms with Gasteiger partial charge in [0.1, 0.15) is 6.61 Å². The summed E-state index contributed by atoms with van der Waals surface area (Å²) in [6.07, 6.45) is -2.73. The predicted octanol–water partition coefficient (Wildman–Crippen LogP) is 4.44. The molecule has 0 radical (unpaired) electrons. The van der Waals surface area contributed by atoms with Crippen molar-refractivity contribution in [3.05, 3.63) is 71.4 Å². The van der Waals surface area contributed by atoms with Crippen LogP contribution in [0.5, 0.6) is 0 Å². The minimum atomic E-state index is -4.56. The third kappa shape index (κ3) is 6.63. The van der Waals surface area contributed by atoms with Crippen molar-refractivity contribution in [1.29, 1.82) is 0 Å². The minimum absolute atomic E-state index is 0.00214. The second-order valence-corrected chi connectivity index (χ2v) is 10.1. The van der Waals surface area contributed by atoms with Gasteiger partial charge < -0.3 is 14.4 Å². The molecule has 0 bridgehead atoms. The van der Waals surface area contributed by atoms with Crippen LogP contribution >= 0.6 is 0 Å². The van der Waals surface area contributed by atoms with Gasteiger partial charge in [-0.3, -0.25) is 10.3 Å². The number of rotatable bonds is 10. The first-order chi connectivity index (χ1) is 16.4. The molecule has 1 unspecified atom stereocenters. The Balaban J connectivity index is 1.89. The van der Waals surface area contributed by atoms with E-state index in [1.54, 1.807) is 29.8 Å². The predicted molar refractivity (Wildman–Crippen MR) is 125 cm³/mol. The maximum absolute atomic E-state index is 13.7. The van der Waals surface area contributed by atoms with Crippen LogP contribution in [-0.2, 0) is 38.7 Å². The van der Waals surface area contributed by atoms with Gasteiger partial charge in [-0.2, -0.15) is 13.2 Å². The van der Waals surface area contributed by atoms with Crippen LogP contribution in [-0.4, -0.2) is 44.2 Å². The van der Waals surface area contributed by atoms with Crippen molar-refractivity contribution in [1.82, 2.24) is 4.57 Å². The molecular formula is C24H27F3N2O5S. The van der Waals surface area contributed by atoms with Gasteiger partial charge in [0.15, 0.2) is 9.84 Å². The van der Waals surface area contributed by atoms with Crippen LogP contribution in [0.3, 0.4) is 0 Å². The lowest BCUT2D eigenvalue weighted by Crippen LogP contribution is -2.21. The topological polar surface area (TPSA) is 89.8 Å². The molecule has 0 aliphatic heterocycles. The van der Waals surface area contributed by atoms with Crippen molar-refractivity contribution in [3.63, 3.8) is 0 Å². The largest absolute Gasteiger partial charge is 0.417 e. The van der Waals surface area contributed by atoms with Gasteiger partial charge in [0.25, 0.3) is 0 Å². The highest BCUT2D eigenvalue weighted by molar-refractivity contribution is 7.90. The van der Waals surface area contributed by atoms with Crippen LogP contribution in [0.2, 0.25) is 0 Å². The zero-order valence-corrected chi connectivity index (χ0v) is 20.3. The second kappa shape index (κ2) is 10.8. The molecule has 11 heteroatoms. The minimum Gasteiger partial charge on any atom is -0.389 e. The van der Waals surface area contributed by atoms with E-state index in [1.807, 2.05) is 0 Å². The Labute approximate surface area is 202 Å². The summed E-state index contributed by atoms with van der Waals surface area (Å²) >= 11 is 0. The van der Waals surface area contributed by atoms with Gasteiger partial charge in [-0.25, -0.2) is 8.42 Å². The number of nitrogens with zero attached hydrogens (tertiary/aromatic N) is 1. The Bertz CT molecular complexity index is 1260. The number of aliphatic hydroxyl groups is 1. The SMILES string of the molecule is COCC(O)Cn1cc(CONc2ccc(S(C)(=O)=O)cc2)c(C)c1-c1ccccc1C(F)(F)F. The summed E-state index contributed by atoms with van der Waals surface area (Å²) in [6.45, 7) is 1.75. The summed E-state index contributed by atoms with van der Waals surface area (Å²) in [5.41, 5.74) is 3.94. The molecule has 0 fully saturated rings. The normalized spacial score (nSPS) is 13.1. The highest BCUT2D eigenvalue weighted by Gasteiger charge is 2.34. The molecule has 1 aromatic heterocycles. The Hall–Kier alpha value is -2.86. The number of anilines is 1.